The Hall–Kier alpha value is -2.86. The Morgan fingerprint density at radius 2 is 2.00 bits per heavy atom. The molecule has 1 saturated heterocycles. The van der Waals surface area contributed by atoms with E-state index in [9.17, 15) is 9.90 Å². The number of benzene rings is 1. The SMILES string of the molecule is CCCCOCCOc1ccc(-c2cnc(N3CCC(C)C3)c(/C=C(\C)C(=O)O)c2)cc1. The number of nitrogens with zero attached hydrogens (tertiary/aromatic N) is 2. The van der Waals surface area contributed by atoms with Crippen molar-refractivity contribution in [2.24, 2.45) is 5.92 Å². The van der Waals surface area contributed by atoms with Crippen LogP contribution in [0.15, 0.2) is 42.1 Å². The van der Waals surface area contributed by atoms with E-state index in [4.69, 9.17) is 14.5 Å². The number of hydrogen-bond donors (Lipinski definition) is 1. The van der Waals surface area contributed by atoms with Gasteiger partial charge in [0.2, 0.25) is 0 Å². The molecule has 0 bridgehead atoms. The van der Waals surface area contributed by atoms with Gasteiger partial charge in [0.25, 0.3) is 0 Å². The van der Waals surface area contributed by atoms with E-state index in [1.165, 1.54) is 0 Å². The second-order valence-electron chi connectivity index (χ2n) is 8.45. The van der Waals surface area contributed by atoms with E-state index in [1.807, 2.05) is 36.5 Å². The molecule has 0 amide bonds. The standard InChI is InChI=1S/C26H34N2O4/c1-4-5-12-31-13-14-32-24-8-6-21(7-9-24)23-16-22(15-20(3)26(29)30)25(27-17-23)28-11-10-19(2)18-28/h6-9,15-17,19H,4-5,10-14,18H2,1-3H3,(H,29,30)/b20-15+. The highest BCUT2D eigenvalue weighted by Crippen LogP contribution is 2.31. The highest BCUT2D eigenvalue weighted by Gasteiger charge is 2.22. The first-order valence-corrected chi connectivity index (χ1v) is 11.5. The summed E-state index contributed by atoms with van der Waals surface area (Å²) in [6, 6.07) is 9.90. The summed E-state index contributed by atoms with van der Waals surface area (Å²) in [6.45, 7) is 9.75. The second kappa shape index (κ2) is 11.7. The number of pyridine rings is 1. The van der Waals surface area contributed by atoms with Crippen LogP contribution in [-0.4, -0.2) is 49.0 Å². The number of rotatable bonds is 11. The van der Waals surface area contributed by atoms with Crippen molar-refractivity contribution in [2.45, 2.75) is 40.0 Å². The van der Waals surface area contributed by atoms with Crippen molar-refractivity contribution in [1.82, 2.24) is 4.98 Å². The van der Waals surface area contributed by atoms with Crippen LogP contribution < -0.4 is 9.64 Å². The molecule has 6 heteroatoms. The maximum absolute atomic E-state index is 11.4. The number of anilines is 1. The third-order valence-corrected chi connectivity index (χ3v) is 5.65. The first kappa shape index (κ1) is 23.8. The lowest BCUT2D eigenvalue weighted by Gasteiger charge is -2.20. The van der Waals surface area contributed by atoms with Gasteiger partial charge in [-0.2, -0.15) is 0 Å². The van der Waals surface area contributed by atoms with Gasteiger partial charge in [-0.15, -0.1) is 0 Å². The molecule has 1 N–H and O–H groups in total. The lowest BCUT2D eigenvalue weighted by Crippen LogP contribution is -2.21. The first-order chi connectivity index (χ1) is 15.5. The van der Waals surface area contributed by atoms with E-state index >= 15 is 0 Å². The quantitative estimate of drug-likeness (QED) is 0.380. The van der Waals surface area contributed by atoms with Crippen molar-refractivity contribution in [3.8, 4) is 16.9 Å². The van der Waals surface area contributed by atoms with Crippen LogP contribution >= 0.6 is 0 Å². The van der Waals surface area contributed by atoms with Gasteiger partial charge in [-0.05, 0) is 55.5 Å². The molecule has 2 heterocycles. The summed E-state index contributed by atoms with van der Waals surface area (Å²) in [5, 5.41) is 9.36. The molecule has 0 radical (unpaired) electrons. The molecular formula is C26H34N2O4. The Kier molecular flexibility index (Phi) is 8.68. The lowest BCUT2D eigenvalue weighted by atomic mass is 10.0. The molecule has 1 unspecified atom stereocenters. The van der Waals surface area contributed by atoms with Crippen LogP contribution in [0.3, 0.4) is 0 Å². The molecule has 32 heavy (non-hydrogen) atoms. The molecule has 1 aliphatic heterocycles. The fourth-order valence-corrected chi connectivity index (χ4v) is 3.74. The molecule has 1 fully saturated rings. The zero-order valence-corrected chi connectivity index (χ0v) is 19.3. The predicted molar refractivity (Wildman–Crippen MR) is 128 cm³/mol. The third-order valence-electron chi connectivity index (χ3n) is 5.65. The minimum atomic E-state index is -0.920. The highest BCUT2D eigenvalue weighted by molar-refractivity contribution is 5.92. The number of carboxylic acid groups (broad SMARTS) is 1. The minimum Gasteiger partial charge on any atom is -0.491 e. The van der Waals surface area contributed by atoms with E-state index in [1.54, 1.807) is 13.0 Å². The Bertz CT molecular complexity index is 924. The van der Waals surface area contributed by atoms with Crippen LogP contribution in [0.5, 0.6) is 5.75 Å². The highest BCUT2D eigenvalue weighted by atomic mass is 16.5. The molecule has 1 aliphatic rings. The van der Waals surface area contributed by atoms with Crippen LogP contribution in [0.25, 0.3) is 17.2 Å². The van der Waals surface area contributed by atoms with Gasteiger partial charge < -0.3 is 19.5 Å². The zero-order valence-electron chi connectivity index (χ0n) is 19.3. The van der Waals surface area contributed by atoms with E-state index in [0.717, 1.165) is 67.2 Å². The van der Waals surface area contributed by atoms with Gasteiger partial charge in [0.15, 0.2) is 0 Å². The number of hydrogen-bond acceptors (Lipinski definition) is 5. The Morgan fingerprint density at radius 3 is 2.66 bits per heavy atom. The van der Waals surface area contributed by atoms with Gasteiger partial charge in [-0.1, -0.05) is 32.4 Å². The maximum atomic E-state index is 11.4. The van der Waals surface area contributed by atoms with Crippen molar-refractivity contribution < 1.29 is 19.4 Å². The third kappa shape index (κ3) is 6.57. The molecule has 1 aromatic carbocycles. The van der Waals surface area contributed by atoms with Crippen molar-refractivity contribution in [3.05, 3.63) is 47.7 Å². The van der Waals surface area contributed by atoms with Crippen molar-refractivity contribution >= 4 is 17.9 Å². The summed E-state index contributed by atoms with van der Waals surface area (Å²) in [6.07, 6.45) is 6.90. The average Bonchev–Trinajstić information content (AvgIpc) is 3.22. The molecule has 0 saturated carbocycles. The number of aliphatic carboxylic acids is 1. The summed E-state index contributed by atoms with van der Waals surface area (Å²) in [7, 11) is 0. The number of ether oxygens (including phenoxy) is 2. The fourth-order valence-electron chi connectivity index (χ4n) is 3.74. The van der Waals surface area contributed by atoms with Crippen LogP contribution in [0.4, 0.5) is 5.82 Å². The lowest BCUT2D eigenvalue weighted by molar-refractivity contribution is -0.132. The Morgan fingerprint density at radius 1 is 1.22 bits per heavy atom. The second-order valence-corrected chi connectivity index (χ2v) is 8.45. The van der Waals surface area contributed by atoms with Crippen molar-refractivity contribution in [1.29, 1.82) is 0 Å². The van der Waals surface area contributed by atoms with E-state index in [0.29, 0.717) is 24.7 Å². The smallest absolute Gasteiger partial charge is 0.331 e. The molecule has 6 nitrogen and oxygen atoms in total. The summed E-state index contributed by atoms with van der Waals surface area (Å²) in [4.78, 5) is 18.4. The predicted octanol–water partition coefficient (Wildman–Crippen LogP) is 5.28. The summed E-state index contributed by atoms with van der Waals surface area (Å²) < 4.78 is 11.3. The van der Waals surface area contributed by atoms with Crippen LogP contribution in [0.2, 0.25) is 0 Å². The monoisotopic (exact) mass is 438 g/mol. The van der Waals surface area contributed by atoms with Crippen molar-refractivity contribution in [2.75, 3.05) is 37.8 Å². The van der Waals surface area contributed by atoms with Gasteiger partial charge in [0.1, 0.15) is 18.2 Å². The fraction of sp³-hybridized carbons (Fsp3) is 0.462. The molecule has 1 atom stereocenters. The molecule has 172 valence electrons. The van der Waals surface area contributed by atoms with Crippen LogP contribution in [0, 0.1) is 5.92 Å². The van der Waals surface area contributed by atoms with Gasteiger partial charge in [-0.25, -0.2) is 9.78 Å². The van der Waals surface area contributed by atoms with Gasteiger partial charge in [0.05, 0.1) is 6.61 Å². The van der Waals surface area contributed by atoms with Crippen molar-refractivity contribution in [3.63, 3.8) is 0 Å². The van der Waals surface area contributed by atoms with Gasteiger partial charge in [-0.3, -0.25) is 0 Å². The molecule has 0 spiro atoms. The molecular weight excluding hydrogens is 404 g/mol. The van der Waals surface area contributed by atoms with Gasteiger partial charge in [0, 0.05) is 42.6 Å². The minimum absolute atomic E-state index is 0.294. The first-order valence-electron chi connectivity index (χ1n) is 11.5. The topological polar surface area (TPSA) is 71.9 Å². The van der Waals surface area contributed by atoms with E-state index in [2.05, 4.69) is 18.7 Å². The van der Waals surface area contributed by atoms with Crippen LogP contribution in [0.1, 0.15) is 45.6 Å². The molecule has 3 rings (SSSR count). The number of unbranched alkanes of at least 4 members (excludes halogenated alkanes) is 1. The number of carboxylic acids is 1. The van der Waals surface area contributed by atoms with Crippen LogP contribution in [-0.2, 0) is 9.53 Å². The summed E-state index contributed by atoms with van der Waals surface area (Å²) in [5.74, 6) is 1.34. The summed E-state index contributed by atoms with van der Waals surface area (Å²) >= 11 is 0. The number of carbonyl (C=O) groups is 1. The van der Waals surface area contributed by atoms with Gasteiger partial charge >= 0.3 is 5.97 Å². The van der Waals surface area contributed by atoms with E-state index < -0.39 is 5.97 Å². The Labute approximate surface area is 190 Å². The van der Waals surface area contributed by atoms with E-state index in [-0.39, 0.29) is 0 Å². The molecule has 1 aromatic heterocycles. The molecule has 2 aromatic rings. The summed E-state index contributed by atoms with van der Waals surface area (Å²) in [5.41, 5.74) is 3.08. The maximum Gasteiger partial charge on any atom is 0.331 e. The largest absolute Gasteiger partial charge is 0.491 e. The average molecular weight is 439 g/mol. The number of aromatic nitrogens is 1. The Balaban J connectivity index is 1.74. The zero-order chi connectivity index (χ0) is 22.9. The molecule has 0 aliphatic carbocycles. The normalized spacial score (nSPS) is 16.4.